The summed E-state index contributed by atoms with van der Waals surface area (Å²) in [5, 5.41) is 17.7. The van der Waals surface area contributed by atoms with E-state index in [2.05, 4.69) is 11.8 Å². The van der Waals surface area contributed by atoms with Gasteiger partial charge in [0.15, 0.2) is 0 Å². The Morgan fingerprint density at radius 2 is 1.81 bits per heavy atom. The van der Waals surface area contributed by atoms with Crippen molar-refractivity contribution in [2.45, 2.75) is 13.2 Å². The Labute approximate surface area is 122 Å². The molecule has 0 aromatic heterocycles. The molecule has 0 spiro atoms. The fraction of sp³-hybridized carbons (Fsp3) is 0.176. The molecule has 3 nitrogen and oxygen atoms in total. The van der Waals surface area contributed by atoms with Crippen LogP contribution in [0.2, 0.25) is 0 Å². The predicted octanol–water partition coefficient (Wildman–Crippen LogP) is 2.24. The van der Waals surface area contributed by atoms with E-state index in [0.29, 0.717) is 11.3 Å². The van der Waals surface area contributed by atoms with Gasteiger partial charge in [0.25, 0.3) is 0 Å². The third-order valence-corrected chi connectivity index (χ3v) is 2.87. The second-order valence-corrected chi connectivity index (χ2v) is 4.35. The second-order valence-electron chi connectivity index (χ2n) is 4.35. The first-order valence-corrected chi connectivity index (χ1v) is 6.43. The Hall–Kier alpha value is -2.35. The summed E-state index contributed by atoms with van der Waals surface area (Å²) in [6.45, 7) is -0.0488. The van der Waals surface area contributed by atoms with E-state index in [0.717, 1.165) is 11.1 Å². The minimum Gasteiger partial charge on any atom is -0.489 e. The van der Waals surface area contributed by atoms with Crippen molar-refractivity contribution >= 4 is 0 Å². The molecule has 0 bridgehead atoms. The normalized spacial score (nSPS) is 9.86. The fourth-order valence-electron chi connectivity index (χ4n) is 1.78. The van der Waals surface area contributed by atoms with Gasteiger partial charge >= 0.3 is 0 Å². The van der Waals surface area contributed by atoms with Gasteiger partial charge in [0.1, 0.15) is 24.8 Å². The number of aliphatic hydroxyl groups is 2. The van der Waals surface area contributed by atoms with Gasteiger partial charge in [-0.2, -0.15) is 0 Å². The van der Waals surface area contributed by atoms with Crippen LogP contribution in [0.25, 0.3) is 0 Å². The summed E-state index contributed by atoms with van der Waals surface area (Å²) in [5.41, 5.74) is 2.04. The molecule has 0 amide bonds. The Morgan fingerprint density at radius 1 is 1.05 bits per heavy atom. The molecule has 0 saturated carbocycles. The van der Waals surface area contributed by atoms with Gasteiger partial charge in [-0.3, -0.25) is 0 Å². The van der Waals surface area contributed by atoms with E-state index in [1.807, 2.05) is 0 Å². The van der Waals surface area contributed by atoms with E-state index in [9.17, 15) is 4.39 Å². The number of halogens is 1. The lowest BCUT2D eigenvalue weighted by atomic mass is 10.1. The van der Waals surface area contributed by atoms with Crippen molar-refractivity contribution < 1.29 is 19.3 Å². The van der Waals surface area contributed by atoms with Crippen molar-refractivity contribution in [3.8, 4) is 17.6 Å². The van der Waals surface area contributed by atoms with E-state index in [1.165, 1.54) is 12.1 Å². The minimum absolute atomic E-state index is 0.0147. The molecular formula is C17H15FO3. The quantitative estimate of drug-likeness (QED) is 0.848. The largest absolute Gasteiger partial charge is 0.489 e. The molecule has 0 aliphatic carbocycles. The first-order chi connectivity index (χ1) is 10.2. The number of rotatable bonds is 4. The summed E-state index contributed by atoms with van der Waals surface area (Å²) in [6, 6.07) is 11.3. The zero-order valence-corrected chi connectivity index (χ0v) is 11.3. The van der Waals surface area contributed by atoms with Crippen LogP contribution in [0.5, 0.6) is 5.75 Å². The first kappa shape index (κ1) is 15.0. The molecule has 0 aliphatic rings. The van der Waals surface area contributed by atoms with Crippen LogP contribution in [0, 0.1) is 17.7 Å². The lowest BCUT2D eigenvalue weighted by Gasteiger charge is -2.09. The van der Waals surface area contributed by atoms with Crippen molar-refractivity contribution in [2.24, 2.45) is 0 Å². The molecule has 2 aromatic rings. The van der Waals surface area contributed by atoms with Crippen LogP contribution in [0.1, 0.15) is 16.7 Å². The summed E-state index contributed by atoms with van der Waals surface area (Å²) in [7, 11) is 0. The van der Waals surface area contributed by atoms with Gasteiger partial charge in [-0.05, 0) is 29.8 Å². The average molecular weight is 286 g/mol. The highest BCUT2D eigenvalue weighted by molar-refractivity contribution is 5.42. The molecule has 0 heterocycles. The topological polar surface area (TPSA) is 49.7 Å². The molecule has 0 fully saturated rings. The number of aliphatic hydroxyl groups excluding tert-OH is 2. The summed E-state index contributed by atoms with van der Waals surface area (Å²) in [5.74, 6) is 5.48. The van der Waals surface area contributed by atoms with Crippen molar-refractivity contribution in [3.63, 3.8) is 0 Å². The molecular weight excluding hydrogens is 271 g/mol. The Bertz CT molecular complexity index is 654. The number of hydrogen-bond donors (Lipinski definition) is 2. The minimum atomic E-state index is -0.381. The molecule has 0 aliphatic heterocycles. The SMILES string of the molecule is OCC#Cc1cc(F)ccc1COc1ccc(CO)cc1. The van der Waals surface area contributed by atoms with Crippen LogP contribution in [-0.2, 0) is 13.2 Å². The van der Waals surface area contributed by atoms with E-state index in [1.54, 1.807) is 30.3 Å². The van der Waals surface area contributed by atoms with Gasteiger partial charge < -0.3 is 14.9 Å². The molecule has 4 heteroatoms. The van der Waals surface area contributed by atoms with E-state index < -0.39 is 0 Å². The smallest absolute Gasteiger partial charge is 0.124 e. The van der Waals surface area contributed by atoms with Gasteiger partial charge in [-0.15, -0.1) is 0 Å². The number of ether oxygens (including phenoxy) is 1. The monoisotopic (exact) mass is 286 g/mol. The van der Waals surface area contributed by atoms with E-state index in [-0.39, 0.29) is 25.6 Å². The first-order valence-electron chi connectivity index (χ1n) is 6.43. The average Bonchev–Trinajstić information content (AvgIpc) is 2.52. The van der Waals surface area contributed by atoms with Crippen molar-refractivity contribution in [3.05, 3.63) is 65.0 Å². The third-order valence-electron chi connectivity index (χ3n) is 2.87. The van der Waals surface area contributed by atoms with Gasteiger partial charge in [0.05, 0.1) is 6.61 Å². The van der Waals surface area contributed by atoms with Gasteiger partial charge in [-0.25, -0.2) is 4.39 Å². The molecule has 21 heavy (non-hydrogen) atoms. The molecule has 0 unspecified atom stereocenters. The number of hydrogen-bond acceptors (Lipinski definition) is 3. The predicted molar refractivity (Wildman–Crippen MR) is 77.1 cm³/mol. The molecule has 0 saturated heterocycles. The van der Waals surface area contributed by atoms with Crippen molar-refractivity contribution in [1.29, 1.82) is 0 Å². The summed E-state index contributed by atoms with van der Waals surface area (Å²) in [6.07, 6.45) is 0. The van der Waals surface area contributed by atoms with Crippen molar-refractivity contribution in [1.82, 2.24) is 0 Å². The van der Waals surface area contributed by atoms with E-state index >= 15 is 0 Å². The van der Waals surface area contributed by atoms with Crippen LogP contribution in [-0.4, -0.2) is 16.8 Å². The standard InChI is InChI=1S/C17H15FO3/c18-16-6-5-15(14(10-16)2-1-9-19)12-21-17-7-3-13(11-20)4-8-17/h3-8,10,19-20H,9,11-12H2. The van der Waals surface area contributed by atoms with Crippen LogP contribution < -0.4 is 4.74 Å². The maximum absolute atomic E-state index is 13.2. The highest BCUT2D eigenvalue weighted by atomic mass is 19.1. The fourth-order valence-corrected chi connectivity index (χ4v) is 1.78. The maximum Gasteiger partial charge on any atom is 0.124 e. The third kappa shape index (κ3) is 4.32. The van der Waals surface area contributed by atoms with E-state index in [4.69, 9.17) is 14.9 Å². The lowest BCUT2D eigenvalue weighted by molar-refractivity contribution is 0.280. The zero-order chi connectivity index (χ0) is 15.1. The summed E-state index contributed by atoms with van der Waals surface area (Å²) < 4.78 is 18.8. The van der Waals surface area contributed by atoms with Crippen LogP contribution in [0.15, 0.2) is 42.5 Å². The van der Waals surface area contributed by atoms with Gasteiger partial charge in [-0.1, -0.05) is 30.0 Å². The number of benzene rings is 2. The molecule has 2 N–H and O–H groups in total. The van der Waals surface area contributed by atoms with Gasteiger partial charge in [0, 0.05) is 11.1 Å². The second kappa shape index (κ2) is 7.44. The molecule has 0 radical (unpaired) electrons. The summed E-state index contributed by atoms with van der Waals surface area (Å²) in [4.78, 5) is 0. The maximum atomic E-state index is 13.2. The molecule has 2 rings (SSSR count). The Balaban J connectivity index is 2.11. The van der Waals surface area contributed by atoms with Crippen LogP contribution >= 0.6 is 0 Å². The zero-order valence-electron chi connectivity index (χ0n) is 11.3. The summed E-state index contributed by atoms with van der Waals surface area (Å²) >= 11 is 0. The molecule has 0 atom stereocenters. The van der Waals surface area contributed by atoms with Crippen LogP contribution in [0.4, 0.5) is 4.39 Å². The van der Waals surface area contributed by atoms with Crippen LogP contribution in [0.3, 0.4) is 0 Å². The van der Waals surface area contributed by atoms with Crippen molar-refractivity contribution in [2.75, 3.05) is 6.61 Å². The molecule has 108 valence electrons. The Morgan fingerprint density at radius 3 is 2.48 bits per heavy atom. The lowest BCUT2D eigenvalue weighted by Crippen LogP contribution is -1.99. The highest BCUT2D eigenvalue weighted by Crippen LogP contribution is 2.16. The Kier molecular flexibility index (Phi) is 5.33. The van der Waals surface area contributed by atoms with Gasteiger partial charge in [0.2, 0.25) is 0 Å². The highest BCUT2D eigenvalue weighted by Gasteiger charge is 2.04. The molecule has 2 aromatic carbocycles.